The van der Waals surface area contributed by atoms with Gasteiger partial charge >= 0.3 is 5.97 Å². The van der Waals surface area contributed by atoms with Gasteiger partial charge in [-0.25, -0.2) is 4.79 Å². The summed E-state index contributed by atoms with van der Waals surface area (Å²) in [6, 6.07) is 6.11. The van der Waals surface area contributed by atoms with Gasteiger partial charge in [0, 0.05) is 12.8 Å². The molecule has 0 amide bonds. The number of hydrogen-bond acceptors (Lipinski definition) is 12. The SMILES string of the molecule is O=C(C=Cc1cc(O)c(O)cc1CO)CO[C@@H]1C[C@@](OCC(=O)C=Cc2ccc(O)c(O)c2)(C(=O)O)C[C@@H](O)[C@H]1O. The predicted octanol–water partition coefficient (Wildman–Crippen LogP) is 0.607. The standard InChI is InChI=1S/C28H30O13/c29-12-17-9-23(35)22(34)8-16(17)3-5-18(30)13-40-25-11-28(27(38)39,10-24(36)26(25)37)41-14-19(31)4-1-15-2-6-20(32)21(33)7-15/h1-9,24-26,29,32-37H,10-14H2,(H,38,39)/t24-,25-,26-,28-/m1/s1. The summed E-state index contributed by atoms with van der Waals surface area (Å²) in [4.78, 5) is 36.9. The molecule has 0 spiro atoms. The molecule has 41 heavy (non-hydrogen) atoms. The van der Waals surface area contributed by atoms with Crippen molar-refractivity contribution >= 4 is 29.7 Å². The number of ether oxygens (including phenoxy) is 2. The maximum Gasteiger partial charge on any atom is 0.336 e. The summed E-state index contributed by atoms with van der Waals surface area (Å²) in [5, 5.41) is 78.1. The molecule has 2 aromatic carbocycles. The van der Waals surface area contributed by atoms with Gasteiger partial charge in [0.05, 0.1) is 18.8 Å². The fourth-order valence-corrected chi connectivity index (χ4v) is 4.19. The maximum absolute atomic E-state index is 12.4. The van der Waals surface area contributed by atoms with Crippen LogP contribution in [0.15, 0.2) is 42.5 Å². The molecule has 1 fully saturated rings. The van der Waals surface area contributed by atoms with Crippen molar-refractivity contribution in [2.24, 2.45) is 0 Å². The van der Waals surface area contributed by atoms with E-state index in [1.807, 2.05) is 0 Å². The molecule has 4 atom stereocenters. The summed E-state index contributed by atoms with van der Waals surface area (Å²) in [5.74, 6) is -4.48. The quantitative estimate of drug-likeness (QED) is 0.128. The van der Waals surface area contributed by atoms with Gasteiger partial charge in [-0.3, -0.25) is 9.59 Å². The van der Waals surface area contributed by atoms with E-state index in [0.717, 1.165) is 24.3 Å². The second kappa shape index (κ2) is 13.4. The summed E-state index contributed by atoms with van der Waals surface area (Å²) in [5.41, 5.74) is -1.28. The third kappa shape index (κ3) is 7.90. The maximum atomic E-state index is 12.4. The fourth-order valence-electron chi connectivity index (χ4n) is 4.19. The lowest BCUT2D eigenvalue weighted by atomic mass is 9.79. The molecule has 13 nitrogen and oxygen atoms in total. The van der Waals surface area contributed by atoms with E-state index < -0.39 is 91.4 Å². The van der Waals surface area contributed by atoms with Crippen molar-refractivity contribution in [3.8, 4) is 23.0 Å². The Balaban J connectivity index is 1.64. The molecule has 8 N–H and O–H groups in total. The van der Waals surface area contributed by atoms with Crippen LogP contribution in [-0.4, -0.2) is 95.5 Å². The van der Waals surface area contributed by atoms with Crippen molar-refractivity contribution in [1.82, 2.24) is 0 Å². The molecule has 0 aromatic heterocycles. The Bertz CT molecular complexity index is 1350. The number of hydrogen-bond donors (Lipinski definition) is 8. The molecule has 1 aliphatic rings. The van der Waals surface area contributed by atoms with Gasteiger partial charge in [-0.2, -0.15) is 0 Å². The number of aliphatic carboxylic acids is 1. The second-order valence-corrected chi connectivity index (χ2v) is 9.45. The van der Waals surface area contributed by atoms with Crippen molar-refractivity contribution < 1.29 is 64.7 Å². The summed E-state index contributed by atoms with van der Waals surface area (Å²) in [6.07, 6.45) is -0.902. The van der Waals surface area contributed by atoms with Crippen LogP contribution >= 0.6 is 0 Å². The second-order valence-electron chi connectivity index (χ2n) is 9.45. The molecule has 3 rings (SSSR count). The molecular formula is C28H30O13. The summed E-state index contributed by atoms with van der Waals surface area (Å²) >= 11 is 0. The Morgan fingerprint density at radius 1 is 0.854 bits per heavy atom. The smallest absolute Gasteiger partial charge is 0.336 e. The Kier molecular flexibility index (Phi) is 10.2. The van der Waals surface area contributed by atoms with E-state index in [4.69, 9.17) is 9.47 Å². The molecule has 13 heteroatoms. The fraction of sp³-hybridized carbons (Fsp3) is 0.321. The van der Waals surface area contributed by atoms with Gasteiger partial charge in [0.25, 0.3) is 0 Å². The normalized spacial score (nSPS) is 22.8. The number of carboxylic acids is 1. The van der Waals surface area contributed by atoms with Gasteiger partial charge < -0.3 is 50.3 Å². The minimum Gasteiger partial charge on any atom is -0.504 e. The van der Waals surface area contributed by atoms with Gasteiger partial charge in [0.2, 0.25) is 0 Å². The average molecular weight is 575 g/mol. The van der Waals surface area contributed by atoms with Crippen LogP contribution in [0, 0.1) is 0 Å². The van der Waals surface area contributed by atoms with Crippen LogP contribution in [0.2, 0.25) is 0 Å². The van der Waals surface area contributed by atoms with E-state index >= 15 is 0 Å². The zero-order valence-electron chi connectivity index (χ0n) is 21.6. The van der Waals surface area contributed by atoms with Crippen LogP contribution in [0.5, 0.6) is 23.0 Å². The van der Waals surface area contributed by atoms with Crippen LogP contribution in [0.1, 0.15) is 29.5 Å². The lowest BCUT2D eigenvalue weighted by Gasteiger charge is -2.42. The van der Waals surface area contributed by atoms with Crippen molar-refractivity contribution in [2.45, 2.75) is 43.4 Å². The lowest BCUT2D eigenvalue weighted by molar-refractivity contribution is -0.205. The first kappa shape index (κ1) is 31.3. The summed E-state index contributed by atoms with van der Waals surface area (Å²) < 4.78 is 10.8. The van der Waals surface area contributed by atoms with Crippen molar-refractivity contribution in [2.75, 3.05) is 13.2 Å². The Morgan fingerprint density at radius 3 is 2.15 bits per heavy atom. The number of phenols is 4. The lowest BCUT2D eigenvalue weighted by Crippen LogP contribution is -2.58. The third-order valence-electron chi connectivity index (χ3n) is 6.48. The highest BCUT2D eigenvalue weighted by Crippen LogP contribution is 2.35. The van der Waals surface area contributed by atoms with Crippen molar-refractivity contribution in [3.05, 3.63) is 59.2 Å². The molecule has 1 saturated carbocycles. The molecule has 0 radical (unpaired) electrons. The topological polar surface area (TPSA) is 232 Å². The van der Waals surface area contributed by atoms with Crippen LogP contribution in [0.25, 0.3) is 12.2 Å². The summed E-state index contributed by atoms with van der Waals surface area (Å²) in [7, 11) is 0. The molecule has 220 valence electrons. The molecule has 1 aliphatic carbocycles. The Morgan fingerprint density at radius 2 is 1.49 bits per heavy atom. The Hall–Kier alpha value is -4.27. The van der Waals surface area contributed by atoms with Gasteiger partial charge in [-0.1, -0.05) is 18.2 Å². The number of benzene rings is 2. The first-order valence-electron chi connectivity index (χ1n) is 12.3. The predicted molar refractivity (Wildman–Crippen MR) is 141 cm³/mol. The molecule has 2 aromatic rings. The largest absolute Gasteiger partial charge is 0.504 e. The summed E-state index contributed by atoms with van der Waals surface area (Å²) in [6.45, 7) is -1.84. The zero-order chi connectivity index (χ0) is 30.3. The van der Waals surface area contributed by atoms with E-state index in [1.165, 1.54) is 30.4 Å². The van der Waals surface area contributed by atoms with Crippen LogP contribution in [0.4, 0.5) is 0 Å². The minimum absolute atomic E-state index is 0.227. The highest BCUT2D eigenvalue weighted by molar-refractivity contribution is 5.95. The van der Waals surface area contributed by atoms with Crippen LogP contribution in [-0.2, 0) is 30.5 Å². The first-order chi connectivity index (χ1) is 19.3. The van der Waals surface area contributed by atoms with Gasteiger partial charge in [0.15, 0.2) is 40.2 Å². The van der Waals surface area contributed by atoms with E-state index in [1.54, 1.807) is 0 Å². The average Bonchev–Trinajstić information content (AvgIpc) is 2.93. The van der Waals surface area contributed by atoms with E-state index in [0.29, 0.717) is 5.56 Å². The number of carbonyl (C=O) groups is 3. The highest BCUT2D eigenvalue weighted by atomic mass is 16.5. The molecular weight excluding hydrogens is 544 g/mol. The Labute approximate surface area is 233 Å². The number of phenolic OH excluding ortho intramolecular Hbond substituents is 4. The number of aliphatic hydroxyl groups is 3. The van der Waals surface area contributed by atoms with E-state index in [9.17, 15) is 55.2 Å². The molecule has 0 heterocycles. The van der Waals surface area contributed by atoms with Crippen LogP contribution in [0.3, 0.4) is 0 Å². The zero-order valence-corrected chi connectivity index (χ0v) is 21.6. The monoisotopic (exact) mass is 574 g/mol. The molecule has 0 aliphatic heterocycles. The number of rotatable bonds is 12. The van der Waals surface area contributed by atoms with Crippen LogP contribution < -0.4 is 0 Å². The number of aromatic hydroxyl groups is 4. The van der Waals surface area contributed by atoms with Crippen molar-refractivity contribution in [1.29, 1.82) is 0 Å². The van der Waals surface area contributed by atoms with Crippen molar-refractivity contribution in [3.63, 3.8) is 0 Å². The van der Waals surface area contributed by atoms with Gasteiger partial charge in [-0.05, 0) is 53.1 Å². The van der Waals surface area contributed by atoms with Gasteiger partial charge in [-0.15, -0.1) is 0 Å². The number of ketones is 2. The third-order valence-corrected chi connectivity index (χ3v) is 6.48. The van der Waals surface area contributed by atoms with E-state index in [2.05, 4.69) is 0 Å². The number of carboxylic acid groups (broad SMARTS) is 1. The first-order valence-corrected chi connectivity index (χ1v) is 12.3. The van der Waals surface area contributed by atoms with Gasteiger partial charge in [0.1, 0.15) is 19.3 Å². The molecule has 0 saturated heterocycles. The minimum atomic E-state index is -2.12. The molecule has 0 bridgehead atoms. The van der Waals surface area contributed by atoms with E-state index in [-0.39, 0.29) is 16.9 Å². The molecule has 0 unspecified atom stereocenters. The number of carbonyl (C=O) groups excluding carboxylic acids is 2. The number of aliphatic hydroxyl groups excluding tert-OH is 3. The highest BCUT2D eigenvalue weighted by Gasteiger charge is 2.52.